The number of carbonyl (C=O) groups is 2. The maximum atomic E-state index is 10.7. The molecule has 7 N–H and O–H groups in total. The molecule has 1 radical (unpaired) electrons. The number of carbonyl (C=O) groups excluding carboxylic acids is 2. The van der Waals surface area contributed by atoms with Gasteiger partial charge in [0, 0.05) is 5.97 Å². The van der Waals surface area contributed by atoms with Gasteiger partial charge in [0.25, 0.3) is 0 Å². The molecule has 0 saturated heterocycles. The van der Waals surface area contributed by atoms with E-state index in [0.29, 0.717) is 0 Å². The van der Waals surface area contributed by atoms with Gasteiger partial charge in [-0.2, -0.15) is 0 Å². The average molecular weight is 499 g/mol. The minimum atomic E-state index is -2.73. The van der Waals surface area contributed by atoms with Crippen LogP contribution in [0.3, 0.4) is 0 Å². The first-order valence-corrected chi connectivity index (χ1v) is 6.84. The number of hydrogen-bond donors (Lipinski definition) is 7. The van der Waals surface area contributed by atoms with Crippen molar-refractivity contribution in [2.45, 2.75) is 48.8 Å². The van der Waals surface area contributed by atoms with Crippen LogP contribution in [0, 0.1) is 0 Å². The summed E-state index contributed by atoms with van der Waals surface area (Å²) in [5.74, 6) is -4.16. The van der Waals surface area contributed by atoms with E-state index in [2.05, 4.69) is 0 Å². The molecule has 0 aliphatic heterocycles. The fourth-order valence-corrected chi connectivity index (χ4v) is 1.29. The molecule has 0 amide bonds. The van der Waals surface area contributed by atoms with Crippen LogP contribution >= 0.6 is 0 Å². The smallest absolute Gasteiger partial charge is 0.853 e. The minimum absolute atomic E-state index is 0. The van der Waals surface area contributed by atoms with E-state index in [4.69, 9.17) is 35.7 Å². The second kappa shape index (κ2) is 17.4. The molecule has 16 heteroatoms. The first-order valence-electron chi connectivity index (χ1n) is 6.84. The zero-order valence-corrected chi connectivity index (χ0v) is 15.9. The predicted molar refractivity (Wildman–Crippen MR) is 65.6 cm³/mol. The second-order valence-corrected chi connectivity index (χ2v) is 4.91. The van der Waals surface area contributed by atoms with Crippen LogP contribution in [0.2, 0.25) is 0 Å². The van der Waals surface area contributed by atoms with Gasteiger partial charge >= 0.3 is 34.1 Å². The van der Waals surface area contributed by atoms with Crippen molar-refractivity contribution in [2.24, 2.45) is 0 Å². The van der Waals surface area contributed by atoms with Crippen LogP contribution in [0.4, 0.5) is 0 Å². The number of aliphatic carboxylic acids is 2. The summed E-state index contributed by atoms with van der Waals surface area (Å²) in [5, 5.41) is 112. The molecule has 167 valence electrons. The summed E-state index contributed by atoms with van der Waals surface area (Å²) in [6, 6.07) is 0. The van der Waals surface area contributed by atoms with Crippen LogP contribution < -0.4 is 25.5 Å². The van der Waals surface area contributed by atoms with Crippen LogP contribution in [0.5, 0.6) is 0 Å². The summed E-state index contributed by atoms with van der Waals surface area (Å²) in [6.45, 7) is -1.86. The van der Waals surface area contributed by atoms with E-state index in [1.165, 1.54) is 0 Å². The summed E-state index contributed by atoms with van der Waals surface area (Å²) in [5.41, 5.74) is 0. The Kier molecular flexibility index (Phi) is 21.8. The van der Waals surface area contributed by atoms with Crippen LogP contribution in [0.15, 0.2) is 0 Å². The van der Waals surface area contributed by atoms with Crippen LogP contribution in [-0.2, 0) is 43.7 Å². The fourth-order valence-electron chi connectivity index (χ4n) is 1.29. The van der Waals surface area contributed by atoms with Crippen molar-refractivity contribution >= 4 is 11.9 Å². The van der Waals surface area contributed by atoms with Gasteiger partial charge in [-0.3, -0.25) is 0 Å². The number of carboxylic acid groups (broad SMARTS) is 2. The van der Waals surface area contributed by atoms with Crippen molar-refractivity contribution in [3.05, 3.63) is 0 Å². The molecule has 0 saturated carbocycles. The van der Waals surface area contributed by atoms with Crippen molar-refractivity contribution in [3.63, 3.8) is 0 Å². The van der Waals surface area contributed by atoms with E-state index in [1.807, 2.05) is 0 Å². The summed E-state index contributed by atoms with van der Waals surface area (Å²) >= 11 is 0. The van der Waals surface area contributed by atoms with Crippen LogP contribution in [-0.4, -0.2) is 110 Å². The molecule has 0 fully saturated rings. The summed E-state index contributed by atoms with van der Waals surface area (Å²) in [7, 11) is 0. The largest absolute Gasteiger partial charge is 3.00 e. The summed E-state index contributed by atoms with van der Waals surface area (Å²) in [6.07, 6.45) is -17.7. The molecule has 0 aromatic carbocycles. The van der Waals surface area contributed by atoms with Gasteiger partial charge in [0.05, 0.1) is 25.3 Å². The molecule has 0 aromatic heterocycles. The Balaban J connectivity index is -0.000000192. The Morgan fingerprint density at radius 2 is 1.11 bits per heavy atom. The molecule has 0 aromatic rings. The molecule has 0 aliphatic rings. The number of aliphatic hydroxyl groups excluding tert-OH is 7. The van der Waals surface area contributed by atoms with E-state index in [9.17, 15) is 35.1 Å². The Morgan fingerprint density at radius 1 is 0.714 bits per heavy atom. The molecule has 0 rings (SSSR count). The Bertz CT molecular complexity index is 389. The molecule has 14 nitrogen and oxygen atoms in total. The normalized spacial score (nSPS) is 18.9. The molecular weight excluding hydrogens is 480 g/mol. The molecule has 28 heavy (non-hydrogen) atoms. The monoisotopic (exact) mass is 499 g/mol. The zero-order valence-electron chi connectivity index (χ0n) is 13.7. The second-order valence-electron chi connectivity index (χ2n) is 4.91. The molecule has 0 unspecified atom stereocenters. The van der Waals surface area contributed by atoms with E-state index in [-0.39, 0.29) is 34.1 Å². The Morgan fingerprint density at radius 3 is 1.39 bits per heavy atom. The van der Waals surface area contributed by atoms with Gasteiger partial charge in [-0.05, 0) is 0 Å². The van der Waals surface area contributed by atoms with Crippen molar-refractivity contribution in [1.29, 1.82) is 0 Å². The first kappa shape index (κ1) is 35.0. The molecular formula is C12H19Fe2O14. The number of hydrogen-bond acceptors (Lipinski definition) is 14. The van der Waals surface area contributed by atoms with Crippen molar-refractivity contribution < 1.29 is 105 Å². The third-order valence-corrected chi connectivity index (χ3v) is 2.92. The third-order valence-electron chi connectivity index (χ3n) is 2.92. The molecule has 8 atom stereocenters. The fraction of sp³-hybridized carbons (Fsp3) is 0.833. The predicted octanol–water partition coefficient (Wildman–Crippen LogP) is -11.6. The van der Waals surface area contributed by atoms with Gasteiger partial charge in [-0.1, -0.05) is 6.10 Å². The van der Waals surface area contributed by atoms with Gasteiger partial charge in [-0.15, -0.1) is 12.2 Å². The van der Waals surface area contributed by atoms with Crippen molar-refractivity contribution in [3.8, 4) is 0 Å². The maximum absolute atomic E-state index is 10.7. The quantitative estimate of drug-likeness (QED) is 0.137. The summed E-state index contributed by atoms with van der Waals surface area (Å²) < 4.78 is 0. The van der Waals surface area contributed by atoms with E-state index < -0.39 is 74.0 Å². The number of aliphatic hydroxyl groups is 7. The average Bonchev–Trinajstić information content (AvgIpc) is 2.62. The topological polar surface area (TPSA) is 291 Å². The van der Waals surface area contributed by atoms with E-state index in [0.717, 1.165) is 0 Å². The summed E-state index contributed by atoms with van der Waals surface area (Å²) in [4.78, 5) is 19.8. The van der Waals surface area contributed by atoms with Crippen LogP contribution in [0.25, 0.3) is 0 Å². The molecule has 0 heterocycles. The third kappa shape index (κ3) is 12.2. The number of carboxylic acids is 2. The standard InChI is InChI=1S/C6H12O7.C6H9O7.2Fe/c2*7-1-2(8)3(9)4(10)5(11)6(12)13;;/h2-5,7-11H,1H2,(H,12,13);2-5,7-8H,1H2,(H,12,13);;/q;-3;+2;+3/p-2/t2*2-,3-,4+,5-;;/m11../s1. The number of rotatable bonds is 10. The van der Waals surface area contributed by atoms with Crippen molar-refractivity contribution in [2.75, 3.05) is 13.2 Å². The van der Waals surface area contributed by atoms with Gasteiger partial charge in [0.2, 0.25) is 0 Å². The zero-order chi connectivity index (χ0) is 21.2. The first-order chi connectivity index (χ1) is 11.8. The Labute approximate surface area is 179 Å². The van der Waals surface area contributed by atoms with E-state index in [1.54, 1.807) is 0 Å². The van der Waals surface area contributed by atoms with Crippen molar-refractivity contribution in [1.82, 2.24) is 0 Å². The SMILES string of the molecule is O=C([O-])[C@H](O)[C@@H](O)[C@H](O)[C@H](O)CO.O=C([O-])[C@H]([O-])[C@@H]([O-])[C@H]([O-])[C@H](O)CO.[Fe+2].[Fe+3]. The van der Waals surface area contributed by atoms with Crippen LogP contribution in [0.1, 0.15) is 0 Å². The molecule has 0 aliphatic carbocycles. The Hall–Kier alpha value is -0.421. The van der Waals surface area contributed by atoms with Gasteiger partial charge in [-0.25, -0.2) is 0 Å². The maximum Gasteiger partial charge on any atom is 3.00 e. The van der Waals surface area contributed by atoms with Gasteiger partial charge in [0.15, 0.2) is 0 Å². The van der Waals surface area contributed by atoms with Gasteiger partial charge < -0.3 is 70.9 Å². The molecule has 0 spiro atoms. The minimum Gasteiger partial charge on any atom is -0.853 e. The van der Waals surface area contributed by atoms with Gasteiger partial charge in [0.1, 0.15) is 24.4 Å². The molecule has 0 bridgehead atoms. The van der Waals surface area contributed by atoms with E-state index >= 15 is 0 Å².